The molecule has 7 aromatic carbocycles. The van der Waals surface area contributed by atoms with Gasteiger partial charge in [0, 0.05) is 44.3 Å². The molecule has 1 aliphatic heterocycles. The molecule has 2 heteroatoms. The molecule has 0 amide bonds. The molecule has 1 N–H and O–H groups in total. The zero-order chi connectivity index (χ0) is 31.3. The predicted molar refractivity (Wildman–Crippen MR) is 198 cm³/mol. The van der Waals surface area contributed by atoms with Gasteiger partial charge in [0.1, 0.15) is 0 Å². The number of fused-ring (bicyclic) bond motifs is 6. The number of nitrogens with zero attached hydrogens (tertiary/aromatic N) is 1. The van der Waals surface area contributed by atoms with E-state index in [4.69, 9.17) is 0 Å². The largest absolute Gasteiger partial charge is 0.355 e. The Morgan fingerprint density at radius 2 is 1.21 bits per heavy atom. The van der Waals surface area contributed by atoms with Crippen LogP contribution in [0.1, 0.15) is 25.0 Å². The van der Waals surface area contributed by atoms with Gasteiger partial charge in [0.15, 0.2) is 0 Å². The van der Waals surface area contributed by atoms with E-state index >= 15 is 0 Å². The fourth-order valence-corrected chi connectivity index (χ4v) is 8.29. The maximum atomic E-state index is 3.84. The third-order valence-corrected chi connectivity index (χ3v) is 10.5. The van der Waals surface area contributed by atoms with Crippen molar-refractivity contribution in [1.82, 2.24) is 4.57 Å². The fourth-order valence-electron chi connectivity index (χ4n) is 8.29. The minimum absolute atomic E-state index is 0.0606. The van der Waals surface area contributed by atoms with Crippen molar-refractivity contribution < 1.29 is 0 Å². The molecule has 0 saturated carbocycles. The minimum Gasteiger partial charge on any atom is -0.355 e. The van der Waals surface area contributed by atoms with Crippen molar-refractivity contribution in [3.63, 3.8) is 0 Å². The van der Waals surface area contributed by atoms with Crippen molar-refractivity contribution in [2.75, 3.05) is 5.32 Å². The Kier molecular flexibility index (Phi) is 5.37. The summed E-state index contributed by atoms with van der Waals surface area (Å²) in [5.74, 6) is 0. The first-order chi connectivity index (χ1) is 23.1. The first-order valence-electron chi connectivity index (χ1n) is 16.5. The summed E-state index contributed by atoms with van der Waals surface area (Å²) >= 11 is 0. The van der Waals surface area contributed by atoms with E-state index < -0.39 is 0 Å². The summed E-state index contributed by atoms with van der Waals surface area (Å²) in [6.07, 6.45) is 0. The number of anilines is 2. The van der Waals surface area contributed by atoms with E-state index in [0.29, 0.717) is 0 Å². The van der Waals surface area contributed by atoms with Gasteiger partial charge in [0.2, 0.25) is 0 Å². The van der Waals surface area contributed by atoms with Crippen LogP contribution in [0.15, 0.2) is 152 Å². The first kappa shape index (κ1) is 26.4. The molecular formula is C45H32N2. The van der Waals surface area contributed by atoms with E-state index in [0.717, 1.165) is 11.4 Å². The molecule has 0 spiro atoms. The number of hydrogen-bond acceptors (Lipinski definition) is 1. The summed E-state index contributed by atoms with van der Waals surface area (Å²) in [5.41, 5.74) is 18.9. The first-order valence-corrected chi connectivity index (χ1v) is 16.5. The second-order valence-electron chi connectivity index (χ2n) is 13.4. The standard InChI is InChI=1S/C45H32N2/c1-45(2)37-18-11-17-33-32-16-9-10-19-40(32)47-41-25-21-31(27-36(41)34-22-23-38(45)43(42(33)37)44(34)47)46-39-24-20-30(28-12-5-3-6-13-28)26-35(39)29-14-7-4-8-15-29/h3-27,46H,1-2H3. The van der Waals surface area contributed by atoms with Crippen molar-refractivity contribution in [3.05, 3.63) is 163 Å². The van der Waals surface area contributed by atoms with E-state index in [1.165, 1.54) is 83.1 Å². The van der Waals surface area contributed by atoms with Crippen molar-refractivity contribution in [2.24, 2.45) is 0 Å². The molecule has 47 heavy (non-hydrogen) atoms. The van der Waals surface area contributed by atoms with Crippen LogP contribution >= 0.6 is 0 Å². The lowest BCUT2D eigenvalue weighted by Gasteiger charge is -2.22. The SMILES string of the molecule is CC1(C)c2cccc3c2-c2c1ccc1c4cc(Nc5ccc(-c6ccccc6)cc5-c5ccccc5)ccc4n(c21)-c1ccccc1-3. The number of nitrogens with one attached hydrogen (secondary N) is 1. The van der Waals surface area contributed by atoms with Gasteiger partial charge in [0.25, 0.3) is 0 Å². The van der Waals surface area contributed by atoms with Crippen LogP contribution in [0.5, 0.6) is 0 Å². The van der Waals surface area contributed by atoms with Crippen LogP contribution in [-0.2, 0) is 5.41 Å². The van der Waals surface area contributed by atoms with Gasteiger partial charge in [-0.2, -0.15) is 0 Å². The lowest BCUT2D eigenvalue weighted by atomic mass is 9.81. The maximum absolute atomic E-state index is 3.84. The van der Waals surface area contributed by atoms with E-state index in [9.17, 15) is 0 Å². The number of benzene rings is 7. The number of para-hydroxylation sites is 1. The van der Waals surface area contributed by atoms with Crippen molar-refractivity contribution in [3.8, 4) is 50.2 Å². The predicted octanol–water partition coefficient (Wildman–Crippen LogP) is 12.1. The molecule has 0 atom stereocenters. The van der Waals surface area contributed by atoms with Gasteiger partial charge in [-0.1, -0.05) is 129 Å². The van der Waals surface area contributed by atoms with Crippen molar-refractivity contribution in [1.29, 1.82) is 0 Å². The quantitative estimate of drug-likeness (QED) is 0.213. The van der Waals surface area contributed by atoms with Gasteiger partial charge < -0.3 is 9.88 Å². The molecule has 2 nitrogen and oxygen atoms in total. The van der Waals surface area contributed by atoms with E-state index in [1.807, 2.05) is 0 Å². The van der Waals surface area contributed by atoms with Crippen LogP contribution < -0.4 is 5.32 Å². The zero-order valence-corrected chi connectivity index (χ0v) is 26.4. The Hall–Kier alpha value is -5.86. The summed E-state index contributed by atoms with van der Waals surface area (Å²) in [5, 5.41) is 6.39. The Balaban J connectivity index is 1.19. The molecule has 2 heterocycles. The van der Waals surface area contributed by atoms with Crippen molar-refractivity contribution in [2.45, 2.75) is 19.3 Å². The zero-order valence-electron chi connectivity index (χ0n) is 26.4. The molecule has 1 aromatic heterocycles. The third-order valence-electron chi connectivity index (χ3n) is 10.5. The second-order valence-corrected chi connectivity index (χ2v) is 13.4. The van der Waals surface area contributed by atoms with Crippen LogP contribution in [0.25, 0.3) is 72.0 Å². The van der Waals surface area contributed by atoms with Gasteiger partial charge in [-0.05, 0) is 75.3 Å². The molecule has 222 valence electrons. The maximum Gasteiger partial charge on any atom is 0.0623 e. The second kappa shape index (κ2) is 9.57. The van der Waals surface area contributed by atoms with Gasteiger partial charge in [0.05, 0.1) is 16.7 Å². The summed E-state index contributed by atoms with van der Waals surface area (Å²) in [4.78, 5) is 0. The molecule has 1 aliphatic carbocycles. The summed E-state index contributed by atoms with van der Waals surface area (Å²) < 4.78 is 2.53. The van der Waals surface area contributed by atoms with Gasteiger partial charge in [-0.25, -0.2) is 0 Å². The Bertz CT molecular complexity index is 2550. The molecule has 0 unspecified atom stereocenters. The molecule has 0 radical (unpaired) electrons. The average molecular weight is 601 g/mol. The normalized spacial score (nSPS) is 13.5. The van der Waals surface area contributed by atoms with Crippen LogP contribution in [0.3, 0.4) is 0 Å². The lowest BCUT2D eigenvalue weighted by Crippen LogP contribution is -2.15. The molecule has 2 aliphatic rings. The number of hydrogen-bond donors (Lipinski definition) is 1. The molecular weight excluding hydrogens is 569 g/mol. The Labute approximate surface area is 274 Å². The molecule has 8 aromatic rings. The topological polar surface area (TPSA) is 17.0 Å². The molecule has 10 rings (SSSR count). The van der Waals surface area contributed by atoms with E-state index in [2.05, 4.69) is 175 Å². The number of rotatable bonds is 4. The highest BCUT2D eigenvalue weighted by Crippen LogP contribution is 2.58. The monoisotopic (exact) mass is 600 g/mol. The van der Waals surface area contributed by atoms with Gasteiger partial charge in [-0.3, -0.25) is 0 Å². The molecule has 0 fully saturated rings. The lowest BCUT2D eigenvalue weighted by molar-refractivity contribution is 0.661. The van der Waals surface area contributed by atoms with Crippen molar-refractivity contribution >= 4 is 33.2 Å². The summed E-state index contributed by atoms with van der Waals surface area (Å²) in [7, 11) is 0. The number of aromatic nitrogens is 1. The molecule has 0 bridgehead atoms. The van der Waals surface area contributed by atoms with Crippen LogP contribution in [0, 0.1) is 0 Å². The smallest absolute Gasteiger partial charge is 0.0623 e. The summed E-state index contributed by atoms with van der Waals surface area (Å²) in [6.45, 7) is 4.76. The van der Waals surface area contributed by atoms with E-state index in [1.54, 1.807) is 0 Å². The van der Waals surface area contributed by atoms with E-state index in [-0.39, 0.29) is 5.41 Å². The van der Waals surface area contributed by atoms with Crippen LogP contribution in [0.2, 0.25) is 0 Å². The van der Waals surface area contributed by atoms with Crippen LogP contribution in [0.4, 0.5) is 11.4 Å². The third kappa shape index (κ3) is 3.67. The molecule has 0 saturated heterocycles. The minimum atomic E-state index is -0.0606. The van der Waals surface area contributed by atoms with Gasteiger partial charge >= 0.3 is 0 Å². The average Bonchev–Trinajstić information content (AvgIpc) is 3.52. The highest BCUT2D eigenvalue weighted by molar-refractivity contribution is 6.19. The summed E-state index contributed by atoms with van der Waals surface area (Å²) in [6, 6.07) is 55.5. The van der Waals surface area contributed by atoms with Crippen LogP contribution in [-0.4, -0.2) is 4.57 Å². The Morgan fingerprint density at radius 3 is 2.04 bits per heavy atom. The highest BCUT2D eigenvalue weighted by Gasteiger charge is 2.40. The van der Waals surface area contributed by atoms with Gasteiger partial charge in [-0.15, -0.1) is 0 Å². The Morgan fingerprint density at radius 1 is 0.489 bits per heavy atom. The highest BCUT2D eigenvalue weighted by atomic mass is 15.0. The fraction of sp³-hybridized carbons (Fsp3) is 0.0667.